The number of aromatic nitrogens is 1. The van der Waals surface area contributed by atoms with Crippen LogP contribution < -0.4 is 10.9 Å². The van der Waals surface area contributed by atoms with Crippen LogP contribution in [0, 0.1) is 11.8 Å². The predicted octanol–water partition coefficient (Wildman–Crippen LogP) is 3.30. The van der Waals surface area contributed by atoms with E-state index in [2.05, 4.69) is 22.5 Å². The van der Waals surface area contributed by atoms with Crippen LogP contribution in [0.25, 0.3) is 10.9 Å². The number of ether oxygens (including phenoxy) is 1. The number of rotatable bonds is 4. The zero-order chi connectivity index (χ0) is 21.2. The fourth-order valence-corrected chi connectivity index (χ4v) is 4.44. The van der Waals surface area contributed by atoms with E-state index in [0.29, 0.717) is 11.8 Å². The van der Waals surface area contributed by atoms with E-state index >= 15 is 0 Å². The molecule has 5 atom stereocenters. The van der Waals surface area contributed by atoms with Gasteiger partial charge >= 0.3 is 10.4 Å². The summed E-state index contributed by atoms with van der Waals surface area (Å²) < 4.78 is 36.9. The number of hydrogen-bond acceptors (Lipinski definition) is 7. The van der Waals surface area contributed by atoms with Gasteiger partial charge in [0.1, 0.15) is 5.75 Å². The molecule has 6 N–H and O–H groups in total. The standard InChI is InChI=1S/C20H24N2O2.HI.H3N.H2O4S/c1-3-13-12-22-9-7-14(13)10-19(22)20(23)16-6-8-21-18-5-4-15(24-2)11-17(16)18;;;1-5(2,3)4/h3-6,8,11,13-14,19-20,23H,1,7,9-10,12H2,2H3;1H;1H3;(H2,1,2,3,4)/t13-,14?,19-,20-;;;/m1.../s1. The number of hydrogen-bond donors (Lipinski definition) is 4. The van der Waals surface area contributed by atoms with Gasteiger partial charge in [-0.15, -0.1) is 30.6 Å². The molecule has 1 aromatic carbocycles. The number of aliphatic hydroxyl groups is 1. The van der Waals surface area contributed by atoms with Crippen LogP contribution in [0.3, 0.4) is 0 Å². The summed E-state index contributed by atoms with van der Waals surface area (Å²) in [7, 11) is -3.01. The molecule has 2 bridgehead atoms. The summed E-state index contributed by atoms with van der Waals surface area (Å²) in [6.07, 6.45) is 5.62. The van der Waals surface area contributed by atoms with E-state index < -0.39 is 16.5 Å². The Bertz CT molecular complexity index is 982. The van der Waals surface area contributed by atoms with E-state index in [-0.39, 0.29) is 36.2 Å². The number of piperidine rings is 3. The van der Waals surface area contributed by atoms with E-state index in [4.69, 9.17) is 22.3 Å². The van der Waals surface area contributed by atoms with Crippen molar-refractivity contribution in [3.05, 3.63) is 48.7 Å². The Morgan fingerprint density at radius 1 is 1.32 bits per heavy atom. The van der Waals surface area contributed by atoms with Crippen LogP contribution in [0.4, 0.5) is 0 Å². The summed E-state index contributed by atoms with van der Waals surface area (Å²) in [6, 6.07) is 7.96. The molecule has 0 saturated carbocycles. The van der Waals surface area contributed by atoms with Crippen LogP contribution in [0.2, 0.25) is 0 Å². The van der Waals surface area contributed by atoms with Gasteiger partial charge in [-0.25, -0.2) is 0 Å². The van der Waals surface area contributed by atoms with E-state index in [1.165, 1.54) is 6.42 Å². The Morgan fingerprint density at radius 3 is 2.55 bits per heavy atom. The van der Waals surface area contributed by atoms with Gasteiger partial charge in [-0.05, 0) is 61.1 Å². The van der Waals surface area contributed by atoms with Crippen molar-refractivity contribution in [3.8, 4) is 5.75 Å². The Kier molecular flexibility index (Phi) is 10.3. The first-order chi connectivity index (χ1) is 13.7. The highest BCUT2D eigenvalue weighted by Gasteiger charge is 2.42. The molecule has 2 aromatic rings. The molecule has 5 rings (SSSR count). The third-order valence-electron chi connectivity index (χ3n) is 5.82. The average Bonchev–Trinajstić information content (AvgIpc) is 2.71. The third-order valence-corrected chi connectivity index (χ3v) is 5.82. The third kappa shape index (κ3) is 6.81. The number of benzene rings is 1. The number of aliphatic hydroxyl groups excluding tert-OH is 1. The van der Waals surface area contributed by atoms with Crippen molar-refractivity contribution < 1.29 is 27.4 Å². The Balaban J connectivity index is 0.000000622. The van der Waals surface area contributed by atoms with E-state index in [0.717, 1.165) is 41.7 Å². The quantitative estimate of drug-likeness (QED) is 0.247. The second-order valence-corrected chi connectivity index (χ2v) is 8.32. The Morgan fingerprint density at radius 2 is 2.00 bits per heavy atom. The first kappa shape index (κ1) is 27.7. The number of methoxy groups -OCH3 is 1. The lowest BCUT2D eigenvalue weighted by molar-refractivity contribution is -0.0444. The molecule has 2 unspecified atom stereocenters. The molecule has 4 heterocycles. The summed E-state index contributed by atoms with van der Waals surface area (Å²) in [5, 5.41) is 12.1. The molecule has 1 aromatic heterocycles. The van der Waals surface area contributed by atoms with Gasteiger partial charge in [-0.3, -0.25) is 19.0 Å². The number of nitrogens with zero attached hydrogens (tertiary/aromatic N) is 2. The number of halogens is 1. The van der Waals surface area contributed by atoms with Crippen LogP contribution in [0.5, 0.6) is 5.75 Å². The molecular weight excluding hydrogens is 537 g/mol. The maximum Gasteiger partial charge on any atom is 0.394 e. The lowest BCUT2D eigenvalue weighted by atomic mass is 9.73. The van der Waals surface area contributed by atoms with E-state index in [1.54, 1.807) is 13.3 Å². The first-order valence-electron chi connectivity index (χ1n) is 9.38. The molecule has 3 saturated heterocycles. The average molecular weight is 567 g/mol. The minimum absolute atomic E-state index is 0. The highest BCUT2D eigenvalue weighted by Crippen LogP contribution is 2.42. The van der Waals surface area contributed by atoms with Crippen LogP contribution in [-0.2, 0) is 10.4 Å². The van der Waals surface area contributed by atoms with Crippen molar-refractivity contribution in [2.45, 2.75) is 25.0 Å². The van der Waals surface area contributed by atoms with Gasteiger partial charge in [0.25, 0.3) is 0 Å². The molecule has 3 aliphatic rings. The predicted molar refractivity (Wildman–Crippen MR) is 130 cm³/mol. The summed E-state index contributed by atoms with van der Waals surface area (Å²) >= 11 is 0. The normalized spacial score (nSPS) is 25.3. The zero-order valence-electron chi connectivity index (χ0n) is 17.3. The zero-order valence-corrected chi connectivity index (χ0v) is 20.4. The molecule has 0 aliphatic carbocycles. The molecule has 11 heteroatoms. The van der Waals surface area contributed by atoms with Gasteiger partial charge in [-0.1, -0.05) is 6.08 Å². The summed E-state index contributed by atoms with van der Waals surface area (Å²) in [4.78, 5) is 6.86. The molecule has 0 spiro atoms. The van der Waals surface area contributed by atoms with Crippen molar-refractivity contribution in [1.29, 1.82) is 0 Å². The van der Waals surface area contributed by atoms with Crippen LogP contribution in [0.1, 0.15) is 24.5 Å². The summed E-state index contributed by atoms with van der Waals surface area (Å²) in [5.74, 6) is 2.01. The van der Waals surface area contributed by atoms with Gasteiger partial charge < -0.3 is 16.0 Å². The van der Waals surface area contributed by atoms with Crippen molar-refractivity contribution in [1.82, 2.24) is 16.0 Å². The van der Waals surface area contributed by atoms with Crippen LogP contribution in [0.15, 0.2) is 43.1 Å². The van der Waals surface area contributed by atoms with Crippen molar-refractivity contribution in [3.63, 3.8) is 0 Å². The van der Waals surface area contributed by atoms with Gasteiger partial charge in [0.15, 0.2) is 0 Å². The van der Waals surface area contributed by atoms with E-state index in [9.17, 15) is 5.11 Å². The van der Waals surface area contributed by atoms with Gasteiger partial charge in [-0.2, -0.15) is 8.42 Å². The van der Waals surface area contributed by atoms with Crippen LogP contribution in [-0.4, -0.2) is 58.8 Å². The summed E-state index contributed by atoms with van der Waals surface area (Å²) in [6.45, 7) is 6.07. The smallest absolute Gasteiger partial charge is 0.394 e. The van der Waals surface area contributed by atoms with Gasteiger partial charge in [0, 0.05) is 24.2 Å². The molecule has 0 amide bonds. The molecule has 9 nitrogen and oxygen atoms in total. The second-order valence-electron chi connectivity index (χ2n) is 7.42. The second kappa shape index (κ2) is 11.5. The number of fused-ring (bicyclic) bond motifs is 4. The van der Waals surface area contributed by atoms with Crippen molar-refractivity contribution >= 4 is 45.3 Å². The van der Waals surface area contributed by atoms with Crippen LogP contribution >= 0.6 is 24.0 Å². The van der Waals surface area contributed by atoms with E-state index in [1.807, 2.05) is 24.3 Å². The van der Waals surface area contributed by atoms with Crippen molar-refractivity contribution in [2.75, 3.05) is 20.2 Å². The maximum absolute atomic E-state index is 11.2. The molecular formula is C20H30IN3O6S. The SMILES string of the molecule is C=C[C@@H]1CN2CCC1C[C@@H]2[C@H](O)c1ccnc2ccc(OC)cc12.I.N.O=S(=O)(O)O. The highest BCUT2D eigenvalue weighted by atomic mass is 127. The van der Waals surface area contributed by atoms with Gasteiger partial charge in [0.2, 0.25) is 0 Å². The minimum Gasteiger partial charge on any atom is -0.497 e. The number of pyridine rings is 1. The fraction of sp³-hybridized carbons (Fsp3) is 0.450. The lowest BCUT2D eigenvalue weighted by Gasteiger charge is -2.50. The minimum atomic E-state index is -4.67. The largest absolute Gasteiger partial charge is 0.497 e. The highest BCUT2D eigenvalue weighted by molar-refractivity contribution is 14.0. The topological polar surface area (TPSA) is 155 Å². The molecule has 3 fully saturated rings. The Hall–Kier alpha value is -1.35. The molecule has 31 heavy (non-hydrogen) atoms. The van der Waals surface area contributed by atoms with Gasteiger partial charge in [0.05, 0.1) is 18.7 Å². The summed E-state index contributed by atoms with van der Waals surface area (Å²) in [5.41, 5.74) is 1.85. The molecule has 0 radical (unpaired) electrons. The Labute approximate surface area is 199 Å². The molecule has 174 valence electrons. The maximum atomic E-state index is 11.2. The molecule has 3 aliphatic heterocycles. The van der Waals surface area contributed by atoms with Crippen molar-refractivity contribution in [2.24, 2.45) is 11.8 Å². The fourth-order valence-electron chi connectivity index (χ4n) is 4.44. The lowest BCUT2D eigenvalue weighted by Crippen LogP contribution is -2.54. The first-order valence-corrected chi connectivity index (χ1v) is 10.8. The monoisotopic (exact) mass is 567 g/mol.